The van der Waals surface area contributed by atoms with E-state index >= 15 is 0 Å². The number of hydrogen-bond acceptors (Lipinski definition) is 3. The molecule has 0 aliphatic heterocycles. The maximum Gasteiger partial charge on any atom is 0.150 e. The van der Waals surface area contributed by atoms with Crippen LogP contribution in [0, 0.1) is 0 Å². The maximum atomic E-state index is 11.5. The van der Waals surface area contributed by atoms with Crippen LogP contribution < -0.4 is 0 Å². The van der Waals surface area contributed by atoms with Crippen molar-refractivity contribution in [3.8, 4) is 11.5 Å². The lowest BCUT2D eigenvalue weighted by atomic mass is 9.78. The zero-order valence-corrected chi connectivity index (χ0v) is 19.2. The van der Waals surface area contributed by atoms with Crippen LogP contribution in [-0.4, -0.2) is 16.5 Å². The van der Waals surface area contributed by atoms with Crippen LogP contribution in [0.4, 0.5) is 0 Å². The molecule has 3 aromatic carbocycles. The van der Waals surface area contributed by atoms with Crippen LogP contribution in [0.15, 0.2) is 60.7 Å². The van der Waals surface area contributed by atoms with E-state index in [0.717, 1.165) is 23.0 Å². The van der Waals surface area contributed by atoms with Crippen LogP contribution in [0.3, 0.4) is 0 Å². The Kier molecular flexibility index (Phi) is 6.00. The van der Waals surface area contributed by atoms with Crippen molar-refractivity contribution in [2.75, 3.05) is 0 Å². The first-order chi connectivity index (χ1) is 14.4. The average Bonchev–Trinajstić information content (AvgIpc) is 2.69. The highest BCUT2D eigenvalue weighted by Gasteiger charge is 2.27. The van der Waals surface area contributed by atoms with Crippen molar-refractivity contribution in [1.29, 1.82) is 0 Å². The van der Waals surface area contributed by atoms with Crippen LogP contribution >= 0.6 is 0 Å². The summed E-state index contributed by atoms with van der Waals surface area (Å²) < 4.78 is 0. The van der Waals surface area contributed by atoms with Gasteiger partial charge in [-0.1, -0.05) is 84.0 Å². The normalized spacial score (nSPS) is 12.2. The Morgan fingerprint density at radius 1 is 0.710 bits per heavy atom. The topological polar surface area (TPSA) is 57.5 Å². The van der Waals surface area contributed by atoms with Gasteiger partial charge in [0.05, 0.1) is 0 Å². The highest BCUT2D eigenvalue weighted by Crippen LogP contribution is 2.43. The summed E-state index contributed by atoms with van der Waals surface area (Å²) in [5, 5.41) is 21.8. The number of phenols is 2. The summed E-state index contributed by atoms with van der Waals surface area (Å²) in [4.78, 5) is 11.5. The van der Waals surface area contributed by atoms with Crippen molar-refractivity contribution in [2.24, 2.45) is 0 Å². The van der Waals surface area contributed by atoms with Crippen molar-refractivity contribution in [3.05, 3.63) is 94.0 Å². The zero-order valence-electron chi connectivity index (χ0n) is 19.2. The molecule has 3 nitrogen and oxygen atoms in total. The van der Waals surface area contributed by atoms with Gasteiger partial charge in [-0.3, -0.25) is 4.79 Å². The number of carbonyl (C=O) groups is 1. The standard InChI is InChI=1S/C28H32O3/c1-27(2,3)20-10-12-24(30)22(15-20)26(19-9-7-8-18(14-19)17-29)23-16-21(28(4,5)6)11-13-25(23)31/h7-17,26,30-31H,1-6H3. The molecule has 0 spiro atoms. The largest absolute Gasteiger partial charge is 0.508 e. The number of phenolic OH excluding ortho intramolecular Hbond substituents is 2. The number of benzene rings is 3. The van der Waals surface area contributed by atoms with Gasteiger partial charge in [-0.25, -0.2) is 0 Å². The molecule has 0 unspecified atom stereocenters. The summed E-state index contributed by atoms with van der Waals surface area (Å²) in [7, 11) is 0. The van der Waals surface area contributed by atoms with Crippen LogP contribution in [0.2, 0.25) is 0 Å². The highest BCUT2D eigenvalue weighted by molar-refractivity contribution is 5.75. The zero-order chi connectivity index (χ0) is 23.0. The number of rotatable bonds is 4. The van der Waals surface area contributed by atoms with Crippen LogP contribution in [0.1, 0.15) is 85.6 Å². The minimum absolute atomic E-state index is 0.104. The Hall–Kier alpha value is -3.07. The van der Waals surface area contributed by atoms with E-state index in [1.807, 2.05) is 42.5 Å². The third kappa shape index (κ3) is 4.82. The highest BCUT2D eigenvalue weighted by atomic mass is 16.3. The van der Waals surface area contributed by atoms with E-state index in [1.165, 1.54) is 0 Å². The SMILES string of the molecule is CC(C)(C)c1ccc(O)c(C(c2cccc(C=O)c2)c2cc(C(C)(C)C)ccc2O)c1. The first kappa shape index (κ1) is 22.6. The second kappa shape index (κ2) is 8.22. The predicted octanol–water partition coefficient (Wildman–Crippen LogP) is 6.69. The molecule has 3 rings (SSSR count). The molecule has 0 fully saturated rings. The maximum absolute atomic E-state index is 11.5. The molecular weight excluding hydrogens is 384 g/mol. The summed E-state index contributed by atoms with van der Waals surface area (Å²) in [5.74, 6) is -0.102. The van der Waals surface area contributed by atoms with Gasteiger partial charge in [-0.15, -0.1) is 0 Å². The fourth-order valence-corrected chi connectivity index (χ4v) is 3.84. The Bertz CT molecular complexity index is 1030. The third-order valence-corrected chi connectivity index (χ3v) is 5.79. The lowest BCUT2D eigenvalue weighted by Crippen LogP contribution is -2.14. The molecule has 0 aliphatic carbocycles. The number of hydrogen-bond donors (Lipinski definition) is 2. The minimum Gasteiger partial charge on any atom is -0.508 e. The summed E-state index contributed by atoms with van der Waals surface area (Å²) in [6.07, 6.45) is 0.817. The lowest BCUT2D eigenvalue weighted by Gasteiger charge is -2.27. The van der Waals surface area contributed by atoms with Crippen LogP contribution in [0.25, 0.3) is 0 Å². The van der Waals surface area contributed by atoms with Crippen LogP contribution in [-0.2, 0) is 10.8 Å². The Morgan fingerprint density at radius 2 is 1.19 bits per heavy atom. The first-order valence-electron chi connectivity index (χ1n) is 10.6. The fourth-order valence-electron chi connectivity index (χ4n) is 3.84. The molecule has 0 saturated carbocycles. The number of aldehydes is 1. The Morgan fingerprint density at radius 3 is 1.61 bits per heavy atom. The van der Waals surface area contributed by atoms with Gasteiger partial charge in [0.2, 0.25) is 0 Å². The average molecular weight is 417 g/mol. The van der Waals surface area contributed by atoms with Crippen molar-refractivity contribution < 1.29 is 15.0 Å². The Labute approximate surface area is 185 Å². The van der Waals surface area contributed by atoms with Gasteiger partial charge in [0.15, 0.2) is 0 Å². The smallest absolute Gasteiger partial charge is 0.150 e. The molecule has 3 aromatic rings. The first-order valence-corrected chi connectivity index (χ1v) is 10.6. The van der Waals surface area contributed by atoms with E-state index < -0.39 is 5.92 Å². The van der Waals surface area contributed by atoms with E-state index in [2.05, 4.69) is 41.5 Å². The fraction of sp³-hybridized carbons (Fsp3) is 0.321. The van der Waals surface area contributed by atoms with Crippen molar-refractivity contribution in [2.45, 2.75) is 58.3 Å². The molecule has 162 valence electrons. The molecule has 2 N–H and O–H groups in total. The molecule has 0 heterocycles. The summed E-state index contributed by atoms with van der Waals surface area (Å²) in [6, 6.07) is 18.7. The molecule has 0 amide bonds. The molecule has 0 atom stereocenters. The molecule has 0 radical (unpaired) electrons. The van der Waals surface area contributed by atoms with E-state index in [4.69, 9.17) is 0 Å². The molecule has 0 aliphatic rings. The number of carbonyl (C=O) groups excluding carboxylic acids is 1. The van der Waals surface area contributed by atoms with Gasteiger partial charge in [0.1, 0.15) is 17.8 Å². The quantitative estimate of drug-likeness (QED) is 0.368. The molecule has 3 heteroatoms. The second-order valence-corrected chi connectivity index (χ2v) is 10.3. The third-order valence-electron chi connectivity index (χ3n) is 5.79. The van der Waals surface area contributed by atoms with E-state index in [1.54, 1.807) is 18.2 Å². The van der Waals surface area contributed by atoms with Gasteiger partial charge in [-0.2, -0.15) is 0 Å². The monoisotopic (exact) mass is 416 g/mol. The molecule has 0 aromatic heterocycles. The van der Waals surface area contributed by atoms with Gasteiger partial charge >= 0.3 is 0 Å². The molecule has 31 heavy (non-hydrogen) atoms. The van der Waals surface area contributed by atoms with Gasteiger partial charge in [0, 0.05) is 22.6 Å². The van der Waals surface area contributed by atoms with Gasteiger partial charge in [-0.05, 0) is 45.7 Å². The Balaban J connectivity index is 2.34. The minimum atomic E-state index is -0.426. The summed E-state index contributed by atoms with van der Waals surface area (Å²) in [6.45, 7) is 12.8. The summed E-state index contributed by atoms with van der Waals surface area (Å²) in [5.41, 5.74) is 4.77. The van der Waals surface area contributed by atoms with Crippen LogP contribution in [0.5, 0.6) is 11.5 Å². The lowest BCUT2D eigenvalue weighted by molar-refractivity contribution is 0.112. The molecular formula is C28H32O3. The van der Waals surface area contributed by atoms with E-state index in [0.29, 0.717) is 16.7 Å². The van der Waals surface area contributed by atoms with Gasteiger partial charge < -0.3 is 10.2 Å². The molecule has 0 bridgehead atoms. The van der Waals surface area contributed by atoms with Crippen molar-refractivity contribution in [1.82, 2.24) is 0 Å². The second-order valence-electron chi connectivity index (χ2n) is 10.3. The van der Waals surface area contributed by atoms with Gasteiger partial charge in [0.25, 0.3) is 0 Å². The van der Waals surface area contributed by atoms with Crippen molar-refractivity contribution in [3.63, 3.8) is 0 Å². The van der Waals surface area contributed by atoms with E-state index in [9.17, 15) is 15.0 Å². The van der Waals surface area contributed by atoms with Crippen molar-refractivity contribution >= 4 is 6.29 Å². The summed E-state index contributed by atoms with van der Waals surface area (Å²) >= 11 is 0. The number of aromatic hydroxyl groups is 2. The predicted molar refractivity (Wildman–Crippen MR) is 126 cm³/mol. The molecule has 0 saturated heterocycles. The van der Waals surface area contributed by atoms with E-state index in [-0.39, 0.29) is 22.3 Å².